The number of hydrogen-bond acceptors (Lipinski definition) is 6. The van der Waals surface area contributed by atoms with Crippen LogP contribution in [0.15, 0.2) is 30.6 Å². The van der Waals surface area contributed by atoms with Gasteiger partial charge >= 0.3 is 0 Å². The van der Waals surface area contributed by atoms with E-state index in [0.29, 0.717) is 29.4 Å². The Morgan fingerprint density at radius 1 is 1.27 bits per heavy atom. The number of anilines is 1. The van der Waals surface area contributed by atoms with Crippen molar-refractivity contribution in [3.63, 3.8) is 0 Å². The molecule has 1 atom stereocenters. The maximum absolute atomic E-state index is 13.4. The highest BCUT2D eigenvalue weighted by Crippen LogP contribution is 2.48. The summed E-state index contributed by atoms with van der Waals surface area (Å²) in [6, 6.07) is 7.35. The van der Waals surface area contributed by atoms with E-state index in [1.54, 1.807) is 11.2 Å². The fourth-order valence-corrected chi connectivity index (χ4v) is 4.02. The van der Waals surface area contributed by atoms with Gasteiger partial charge in [0.15, 0.2) is 5.82 Å². The molecule has 0 saturated heterocycles. The molecule has 0 aromatic carbocycles. The monoisotopic (exact) mass is 403 g/mol. The summed E-state index contributed by atoms with van der Waals surface area (Å²) < 4.78 is 1.92. The molecule has 2 aliphatic rings. The Hall–Kier alpha value is -3.13. The first kappa shape index (κ1) is 18.9. The zero-order valence-electron chi connectivity index (χ0n) is 17.5. The molecule has 1 amide bonds. The van der Waals surface area contributed by atoms with Crippen molar-refractivity contribution in [2.45, 2.75) is 58.2 Å². The van der Waals surface area contributed by atoms with Crippen LogP contribution >= 0.6 is 0 Å². The predicted molar refractivity (Wildman–Crippen MR) is 113 cm³/mol. The van der Waals surface area contributed by atoms with E-state index in [4.69, 9.17) is 15.7 Å². The van der Waals surface area contributed by atoms with Gasteiger partial charge in [0, 0.05) is 34.8 Å². The molecule has 1 saturated carbocycles. The number of rotatable bonds is 5. The molecule has 3 aromatic rings. The standard InChI is InChI=1S/C22H25N7O/c1-4-28-12-24-27-20(28)16-6-5-7-18(25-16)29-11-15-14(21(29)30)10-17(22(3)8-9-22)26-19(15)13(2)23/h5-7,10,12-13H,4,8-9,11,23H2,1-3H3/t13-/m0/s1. The summed E-state index contributed by atoms with van der Waals surface area (Å²) in [6.07, 6.45) is 3.87. The van der Waals surface area contributed by atoms with Crippen LogP contribution in [0.4, 0.5) is 5.82 Å². The first-order valence-electron chi connectivity index (χ1n) is 10.4. The van der Waals surface area contributed by atoms with Gasteiger partial charge in [-0.25, -0.2) is 4.98 Å². The average Bonchev–Trinajstić information content (AvgIpc) is 3.19. The Morgan fingerprint density at radius 2 is 2.07 bits per heavy atom. The predicted octanol–water partition coefficient (Wildman–Crippen LogP) is 2.99. The first-order valence-corrected chi connectivity index (χ1v) is 10.4. The summed E-state index contributed by atoms with van der Waals surface area (Å²) in [6.45, 7) is 7.31. The second-order valence-electron chi connectivity index (χ2n) is 8.48. The lowest BCUT2D eigenvalue weighted by Crippen LogP contribution is -2.24. The molecule has 2 N–H and O–H groups in total. The second-order valence-corrected chi connectivity index (χ2v) is 8.48. The normalized spacial score (nSPS) is 17.9. The number of nitrogens with zero attached hydrogens (tertiary/aromatic N) is 6. The van der Waals surface area contributed by atoms with E-state index in [0.717, 1.165) is 36.3 Å². The van der Waals surface area contributed by atoms with Crippen molar-refractivity contribution >= 4 is 11.7 Å². The van der Waals surface area contributed by atoms with E-state index < -0.39 is 0 Å². The molecule has 8 heteroatoms. The van der Waals surface area contributed by atoms with E-state index in [1.165, 1.54) is 0 Å². The summed E-state index contributed by atoms with van der Waals surface area (Å²) >= 11 is 0. The van der Waals surface area contributed by atoms with Crippen LogP contribution in [0.3, 0.4) is 0 Å². The maximum atomic E-state index is 13.4. The lowest BCUT2D eigenvalue weighted by Gasteiger charge is -2.16. The molecule has 30 heavy (non-hydrogen) atoms. The molecule has 154 valence electrons. The van der Waals surface area contributed by atoms with Gasteiger partial charge in [-0.15, -0.1) is 10.2 Å². The fraction of sp³-hybridized carbons (Fsp3) is 0.409. The molecule has 3 aromatic heterocycles. The van der Waals surface area contributed by atoms with Crippen LogP contribution < -0.4 is 10.6 Å². The molecule has 5 rings (SSSR count). The van der Waals surface area contributed by atoms with Crippen LogP contribution in [0.5, 0.6) is 0 Å². The number of amides is 1. The Bertz CT molecular complexity index is 1150. The molecule has 1 aliphatic heterocycles. The fourth-order valence-electron chi connectivity index (χ4n) is 4.02. The number of carbonyl (C=O) groups is 1. The van der Waals surface area contributed by atoms with Crippen LogP contribution in [0.25, 0.3) is 11.5 Å². The first-order chi connectivity index (χ1) is 14.4. The molecule has 1 fully saturated rings. The number of carbonyl (C=O) groups excluding carboxylic acids is 1. The Morgan fingerprint density at radius 3 is 2.77 bits per heavy atom. The molecular weight excluding hydrogens is 378 g/mol. The largest absolute Gasteiger partial charge is 0.323 e. The highest BCUT2D eigenvalue weighted by atomic mass is 16.2. The van der Waals surface area contributed by atoms with E-state index in [2.05, 4.69) is 17.1 Å². The molecule has 0 unspecified atom stereocenters. The minimum atomic E-state index is -0.240. The maximum Gasteiger partial charge on any atom is 0.260 e. The second kappa shape index (κ2) is 6.70. The third-order valence-corrected chi connectivity index (χ3v) is 6.19. The Kier molecular flexibility index (Phi) is 4.21. The van der Waals surface area contributed by atoms with E-state index >= 15 is 0 Å². The van der Waals surface area contributed by atoms with Crippen molar-refractivity contribution in [3.8, 4) is 11.5 Å². The third kappa shape index (κ3) is 2.90. The minimum absolute atomic E-state index is 0.0543. The zero-order valence-corrected chi connectivity index (χ0v) is 17.5. The van der Waals surface area contributed by atoms with E-state index in [9.17, 15) is 4.79 Å². The molecular formula is C22H25N7O. The Labute approximate surface area is 175 Å². The number of nitrogens with two attached hydrogens (primary N) is 1. The van der Waals surface area contributed by atoms with Crippen LogP contribution in [-0.2, 0) is 18.5 Å². The molecule has 0 radical (unpaired) electrons. The lowest BCUT2D eigenvalue weighted by molar-refractivity contribution is 0.0996. The SMILES string of the molecule is CCn1cnnc1-c1cccc(N2Cc3c(cc(C4(C)CC4)nc3[C@H](C)N)C2=O)n1. The summed E-state index contributed by atoms with van der Waals surface area (Å²) in [4.78, 5) is 24.7. The van der Waals surface area contributed by atoms with Crippen molar-refractivity contribution in [2.24, 2.45) is 5.73 Å². The number of pyridine rings is 2. The van der Waals surface area contributed by atoms with Crippen molar-refractivity contribution in [2.75, 3.05) is 4.90 Å². The number of hydrogen-bond donors (Lipinski definition) is 1. The van der Waals surface area contributed by atoms with Gasteiger partial charge in [0.05, 0.1) is 12.2 Å². The van der Waals surface area contributed by atoms with Gasteiger partial charge in [0.25, 0.3) is 5.91 Å². The van der Waals surface area contributed by atoms with Gasteiger partial charge in [0.1, 0.15) is 17.8 Å². The van der Waals surface area contributed by atoms with Crippen LogP contribution in [0.1, 0.15) is 67.0 Å². The minimum Gasteiger partial charge on any atom is -0.323 e. The topological polar surface area (TPSA) is 103 Å². The summed E-state index contributed by atoms with van der Waals surface area (Å²) in [5.41, 5.74) is 10.4. The number of fused-ring (bicyclic) bond motifs is 1. The Balaban J connectivity index is 1.55. The smallest absolute Gasteiger partial charge is 0.260 e. The third-order valence-electron chi connectivity index (χ3n) is 6.19. The van der Waals surface area contributed by atoms with Crippen molar-refractivity contribution in [1.82, 2.24) is 24.7 Å². The van der Waals surface area contributed by atoms with Crippen LogP contribution in [-0.4, -0.2) is 30.6 Å². The molecule has 1 aliphatic carbocycles. The lowest BCUT2D eigenvalue weighted by atomic mass is 9.97. The molecule has 0 bridgehead atoms. The van der Waals surface area contributed by atoms with Crippen LogP contribution in [0, 0.1) is 0 Å². The van der Waals surface area contributed by atoms with Gasteiger partial charge in [-0.1, -0.05) is 13.0 Å². The summed E-state index contributed by atoms with van der Waals surface area (Å²) in [5, 5.41) is 8.17. The van der Waals surface area contributed by atoms with E-state index in [1.807, 2.05) is 42.7 Å². The zero-order chi connectivity index (χ0) is 21.0. The van der Waals surface area contributed by atoms with E-state index in [-0.39, 0.29) is 17.4 Å². The van der Waals surface area contributed by atoms with Crippen LogP contribution in [0.2, 0.25) is 0 Å². The number of aromatic nitrogens is 5. The summed E-state index contributed by atoms with van der Waals surface area (Å²) in [5.74, 6) is 1.22. The van der Waals surface area contributed by atoms with Gasteiger partial charge < -0.3 is 10.3 Å². The summed E-state index contributed by atoms with van der Waals surface area (Å²) in [7, 11) is 0. The highest BCUT2D eigenvalue weighted by Gasteiger charge is 2.43. The van der Waals surface area contributed by atoms with Crippen molar-refractivity contribution in [3.05, 3.63) is 53.1 Å². The average molecular weight is 403 g/mol. The number of aryl methyl sites for hydroxylation is 1. The molecule has 8 nitrogen and oxygen atoms in total. The van der Waals surface area contributed by atoms with Crippen molar-refractivity contribution in [1.29, 1.82) is 0 Å². The highest BCUT2D eigenvalue weighted by molar-refractivity contribution is 6.10. The van der Waals surface area contributed by atoms with Crippen molar-refractivity contribution < 1.29 is 4.79 Å². The van der Waals surface area contributed by atoms with Gasteiger partial charge in [-0.05, 0) is 44.9 Å². The van der Waals surface area contributed by atoms with Gasteiger partial charge in [-0.3, -0.25) is 14.7 Å². The van der Waals surface area contributed by atoms with Gasteiger partial charge in [0.2, 0.25) is 0 Å². The molecule has 4 heterocycles. The quantitative estimate of drug-likeness (QED) is 0.702. The van der Waals surface area contributed by atoms with Gasteiger partial charge in [-0.2, -0.15) is 0 Å². The molecule has 0 spiro atoms.